The van der Waals surface area contributed by atoms with Crippen LogP contribution < -0.4 is 5.73 Å². The summed E-state index contributed by atoms with van der Waals surface area (Å²) in [6.07, 6.45) is 11.9. The second-order valence-corrected chi connectivity index (χ2v) is 5.62. The molecule has 2 aliphatic rings. The maximum absolute atomic E-state index is 6.13. The van der Waals surface area contributed by atoms with E-state index in [2.05, 4.69) is 6.92 Å². The van der Waals surface area contributed by atoms with Crippen LogP contribution >= 0.6 is 0 Å². The van der Waals surface area contributed by atoms with Gasteiger partial charge in [-0.1, -0.05) is 26.2 Å². The minimum atomic E-state index is 0.545. The van der Waals surface area contributed by atoms with Crippen molar-refractivity contribution in [1.82, 2.24) is 0 Å². The van der Waals surface area contributed by atoms with E-state index in [0.29, 0.717) is 12.0 Å². The van der Waals surface area contributed by atoms with Gasteiger partial charge in [0.2, 0.25) is 0 Å². The molecule has 0 aromatic heterocycles. The molecular formula is C14H26N2. The molecule has 2 saturated carbocycles. The fraction of sp³-hybridized carbons (Fsp3) is 0.929. The zero-order valence-electron chi connectivity index (χ0n) is 10.6. The van der Waals surface area contributed by atoms with Crippen LogP contribution in [0.5, 0.6) is 0 Å². The Balaban J connectivity index is 1.82. The standard InChI is InChI=1S/C14H26N2/c1-2-11-7-9-13(10-8-11)16-14(15)12-5-3-4-6-12/h11-13H,2-10H2,1H3,(H2,15,16). The van der Waals surface area contributed by atoms with E-state index in [-0.39, 0.29) is 0 Å². The highest BCUT2D eigenvalue weighted by atomic mass is 14.9. The third-order valence-corrected chi connectivity index (χ3v) is 4.50. The Kier molecular flexibility index (Phi) is 4.25. The van der Waals surface area contributed by atoms with Crippen molar-refractivity contribution in [3.05, 3.63) is 0 Å². The number of nitrogens with two attached hydrogens (primary N) is 1. The van der Waals surface area contributed by atoms with Crippen LogP contribution in [0.2, 0.25) is 0 Å². The molecule has 0 radical (unpaired) electrons. The van der Waals surface area contributed by atoms with Crippen molar-refractivity contribution >= 4 is 5.84 Å². The molecular weight excluding hydrogens is 196 g/mol. The first kappa shape index (κ1) is 11.9. The molecule has 2 nitrogen and oxygen atoms in total. The van der Waals surface area contributed by atoms with Crippen molar-refractivity contribution in [2.45, 2.75) is 70.8 Å². The highest BCUT2D eigenvalue weighted by Crippen LogP contribution is 2.30. The van der Waals surface area contributed by atoms with Gasteiger partial charge in [0.05, 0.1) is 11.9 Å². The van der Waals surface area contributed by atoms with E-state index in [1.165, 1.54) is 57.8 Å². The van der Waals surface area contributed by atoms with Crippen molar-refractivity contribution in [3.8, 4) is 0 Å². The van der Waals surface area contributed by atoms with Crippen LogP contribution in [0, 0.1) is 11.8 Å². The SMILES string of the molecule is CCC1CCC(N=C(N)C2CCCC2)CC1. The number of hydrogen-bond acceptors (Lipinski definition) is 1. The van der Waals surface area contributed by atoms with Crippen LogP contribution in [0.25, 0.3) is 0 Å². The van der Waals surface area contributed by atoms with Gasteiger partial charge in [0.15, 0.2) is 0 Å². The van der Waals surface area contributed by atoms with Crippen molar-refractivity contribution < 1.29 is 0 Å². The predicted molar refractivity (Wildman–Crippen MR) is 69.6 cm³/mol. The zero-order valence-corrected chi connectivity index (χ0v) is 10.6. The van der Waals surface area contributed by atoms with Gasteiger partial charge in [-0.05, 0) is 44.4 Å². The minimum Gasteiger partial charge on any atom is -0.387 e. The Labute approximate surface area is 99.7 Å². The molecule has 0 aromatic rings. The Bertz CT molecular complexity index is 233. The third-order valence-electron chi connectivity index (χ3n) is 4.50. The van der Waals surface area contributed by atoms with E-state index in [1.54, 1.807) is 0 Å². The molecule has 2 N–H and O–H groups in total. The predicted octanol–water partition coefficient (Wildman–Crippen LogP) is 3.50. The summed E-state index contributed by atoms with van der Waals surface area (Å²) in [6.45, 7) is 2.31. The zero-order chi connectivity index (χ0) is 11.4. The summed E-state index contributed by atoms with van der Waals surface area (Å²) in [5.41, 5.74) is 6.13. The van der Waals surface area contributed by atoms with E-state index in [0.717, 1.165) is 11.8 Å². The molecule has 2 aliphatic carbocycles. The fourth-order valence-corrected chi connectivity index (χ4v) is 3.22. The lowest BCUT2D eigenvalue weighted by Gasteiger charge is -2.26. The van der Waals surface area contributed by atoms with Gasteiger partial charge in [0.25, 0.3) is 0 Å². The van der Waals surface area contributed by atoms with Gasteiger partial charge in [-0.3, -0.25) is 4.99 Å². The molecule has 0 bridgehead atoms. The Morgan fingerprint density at radius 3 is 2.25 bits per heavy atom. The van der Waals surface area contributed by atoms with Crippen LogP contribution in [0.3, 0.4) is 0 Å². The molecule has 0 unspecified atom stereocenters. The molecule has 0 aliphatic heterocycles. The normalized spacial score (nSPS) is 33.2. The van der Waals surface area contributed by atoms with Gasteiger partial charge < -0.3 is 5.73 Å². The average molecular weight is 222 g/mol. The fourth-order valence-electron chi connectivity index (χ4n) is 3.22. The molecule has 2 fully saturated rings. The lowest BCUT2D eigenvalue weighted by Crippen LogP contribution is -2.26. The van der Waals surface area contributed by atoms with Gasteiger partial charge in [-0.15, -0.1) is 0 Å². The highest BCUT2D eigenvalue weighted by molar-refractivity contribution is 5.83. The number of aliphatic imine (C=N–C) groups is 1. The molecule has 0 amide bonds. The maximum atomic E-state index is 6.13. The van der Waals surface area contributed by atoms with Gasteiger partial charge in [-0.2, -0.15) is 0 Å². The van der Waals surface area contributed by atoms with Crippen LogP contribution in [0.4, 0.5) is 0 Å². The minimum absolute atomic E-state index is 0.545. The van der Waals surface area contributed by atoms with Crippen LogP contribution in [0.1, 0.15) is 64.7 Å². The molecule has 92 valence electrons. The van der Waals surface area contributed by atoms with E-state index in [9.17, 15) is 0 Å². The second kappa shape index (κ2) is 5.70. The maximum Gasteiger partial charge on any atom is 0.0971 e. The summed E-state index contributed by atoms with van der Waals surface area (Å²) >= 11 is 0. The van der Waals surface area contributed by atoms with Gasteiger partial charge in [0, 0.05) is 5.92 Å². The Morgan fingerprint density at radius 1 is 1.06 bits per heavy atom. The van der Waals surface area contributed by atoms with Crippen LogP contribution in [0.15, 0.2) is 4.99 Å². The van der Waals surface area contributed by atoms with Crippen LogP contribution in [-0.4, -0.2) is 11.9 Å². The number of rotatable bonds is 3. The summed E-state index contributed by atoms with van der Waals surface area (Å²) in [5.74, 6) is 2.54. The van der Waals surface area contributed by atoms with Crippen molar-refractivity contribution in [3.63, 3.8) is 0 Å². The smallest absolute Gasteiger partial charge is 0.0971 e. The van der Waals surface area contributed by atoms with Crippen molar-refractivity contribution in [2.75, 3.05) is 0 Å². The first-order valence-electron chi connectivity index (χ1n) is 7.12. The molecule has 0 spiro atoms. The quantitative estimate of drug-likeness (QED) is 0.576. The van der Waals surface area contributed by atoms with Gasteiger partial charge in [0.1, 0.15) is 0 Å². The van der Waals surface area contributed by atoms with Gasteiger partial charge >= 0.3 is 0 Å². The first-order chi connectivity index (χ1) is 7.79. The van der Waals surface area contributed by atoms with Crippen LogP contribution in [-0.2, 0) is 0 Å². The summed E-state index contributed by atoms with van der Waals surface area (Å²) in [6, 6.07) is 0.545. The monoisotopic (exact) mass is 222 g/mol. The van der Waals surface area contributed by atoms with Gasteiger partial charge in [-0.25, -0.2) is 0 Å². The highest BCUT2D eigenvalue weighted by Gasteiger charge is 2.22. The molecule has 0 saturated heterocycles. The molecule has 0 heterocycles. The van der Waals surface area contributed by atoms with E-state index in [4.69, 9.17) is 10.7 Å². The first-order valence-corrected chi connectivity index (χ1v) is 7.12. The van der Waals surface area contributed by atoms with Crippen molar-refractivity contribution in [1.29, 1.82) is 0 Å². The molecule has 0 aromatic carbocycles. The second-order valence-electron chi connectivity index (χ2n) is 5.62. The topological polar surface area (TPSA) is 38.4 Å². The Hall–Kier alpha value is -0.530. The molecule has 0 atom stereocenters. The lowest BCUT2D eigenvalue weighted by atomic mass is 9.85. The van der Waals surface area contributed by atoms with Crippen molar-refractivity contribution in [2.24, 2.45) is 22.6 Å². The summed E-state index contributed by atoms with van der Waals surface area (Å²) in [4.78, 5) is 4.78. The Morgan fingerprint density at radius 2 is 1.69 bits per heavy atom. The summed E-state index contributed by atoms with van der Waals surface area (Å²) in [5, 5.41) is 0. The molecule has 2 rings (SSSR count). The third kappa shape index (κ3) is 2.99. The largest absolute Gasteiger partial charge is 0.387 e. The number of hydrogen-bond donors (Lipinski definition) is 1. The van der Waals surface area contributed by atoms with E-state index >= 15 is 0 Å². The van der Waals surface area contributed by atoms with E-state index < -0.39 is 0 Å². The molecule has 16 heavy (non-hydrogen) atoms. The summed E-state index contributed by atoms with van der Waals surface area (Å²) < 4.78 is 0. The number of nitrogens with zero attached hydrogens (tertiary/aromatic N) is 1. The summed E-state index contributed by atoms with van der Waals surface area (Å²) in [7, 11) is 0. The lowest BCUT2D eigenvalue weighted by molar-refractivity contribution is 0.319. The number of amidine groups is 1. The average Bonchev–Trinajstić information content (AvgIpc) is 2.83. The molecule has 2 heteroatoms. The van der Waals surface area contributed by atoms with E-state index in [1.807, 2.05) is 0 Å².